The predicted octanol–water partition coefficient (Wildman–Crippen LogP) is 4.54. The van der Waals surface area contributed by atoms with E-state index < -0.39 is 4.92 Å². The van der Waals surface area contributed by atoms with Gasteiger partial charge in [0.2, 0.25) is 0 Å². The SMILES string of the molecule is COc1ccc(/C=C/C(=O)c2ccc(-n3cccc3)cc2)cc1Cn1ccc([N+](=O)[O-])n1. The van der Waals surface area contributed by atoms with Crippen molar-refractivity contribution in [2.45, 2.75) is 6.54 Å². The van der Waals surface area contributed by atoms with Crippen LogP contribution >= 0.6 is 0 Å². The zero-order valence-corrected chi connectivity index (χ0v) is 17.3. The van der Waals surface area contributed by atoms with Crippen LogP contribution in [0.1, 0.15) is 21.5 Å². The van der Waals surface area contributed by atoms with Gasteiger partial charge in [0.1, 0.15) is 5.75 Å². The molecule has 0 radical (unpaired) electrons. The standard InChI is InChI=1S/C24H20N4O4/c1-32-23-11-5-18(16-20(23)17-27-15-12-24(25-27)28(30)31)4-10-22(29)19-6-8-21(9-7-19)26-13-2-3-14-26/h2-16H,17H2,1H3/b10-4+. The molecule has 0 saturated heterocycles. The summed E-state index contributed by atoms with van der Waals surface area (Å²) >= 11 is 0. The van der Waals surface area contributed by atoms with Crippen molar-refractivity contribution in [3.63, 3.8) is 0 Å². The van der Waals surface area contributed by atoms with E-state index in [2.05, 4.69) is 5.10 Å². The molecule has 2 aromatic heterocycles. The van der Waals surface area contributed by atoms with Gasteiger partial charge in [-0.1, -0.05) is 12.1 Å². The summed E-state index contributed by atoms with van der Waals surface area (Å²) in [6, 6.07) is 18.1. The van der Waals surface area contributed by atoms with Gasteiger partial charge in [0, 0.05) is 29.2 Å². The lowest BCUT2D eigenvalue weighted by molar-refractivity contribution is -0.389. The van der Waals surface area contributed by atoms with E-state index in [0.29, 0.717) is 17.9 Å². The van der Waals surface area contributed by atoms with E-state index in [9.17, 15) is 14.9 Å². The van der Waals surface area contributed by atoms with E-state index in [0.717, 1.165) is 16.8 Å². The topological polar surface area (TPSA) is 92.2 Å². The summed E-state index contributed by atoms with van der Waals surface area (Å²) in [6.07, 6.45) is 8.69. The Kier molecular flexibility index (Phi) is 5.94. The second kappa shape index (κ2) is 9.13. The van der Waals surface area contributed by atoms with Gasteiger partial charge in [0.25, 0.3) is 0 Å². The molecule has 2 heterocycles. The van der Waals surface area contributed by atoms with Crippen molar-refractivity contribution >= 4 is 17.7 Å². The molecule has 32 heavy (non-hydrogen) atoms. The van der Waals surface area contributed by atoms with E-state index in [1.165, 1.54) is 16.8 Å². The fourth-order valence-electron chi connectivity index (χ4n) is 3.31. The number of benzene rings is 2. The minimum Gasteiger partial charge on any atom is -0.496 e. The third kappa shape index (κ3) is 4.65. The van der Waals surface area contributed by atoms with Crippen molar-refractivity contribution in [1.29, 1.82) is 0 Å². The van der Waals surface area contributed by atoms with Gasteiger partial charge in [-0.3, -0.25) is 4.79 Å². The first-order chi connectivity index (χ1) is 15.5. The van der Waals surface area contributed by atoms with Crippen molar-refractivity contribution in [2.75, 3.05) is 7.11 Å². The molecule has 0 N–H and O–H groups in total. The number of aromatic nitrogens is 3. The van der Waals surface area contributed by atoms with Gasteiger partial charge >= 0.3 is 5.82 Å². The maximum atomic E-state index is 12.6. The van der Waals surface area contributed by atoms with E-state index in [-0.39, 0.29) is 11.6 Å². The van der Waals surface area contributed by atoms with E-state index >= 15 is 0 Å². The highest BCUT2D eigenvalue weighted by Gasteiger charge is 2.13. The average Bonchev–Trinajstić information content (AvgIpc) is 3.50. The summed E-state index contributed by atoms with van der Waals surface area (Å²) in [4.78, 5) is 22.9. The molecule has 8 nitrogen and oxygen atoms in total. The Balaban J connectivity index is 1.50. The number of nitro groups is 1. The summed E-state index contributed by atoms with van der Waals surface area (Å²) < 4.78 is 8.84. The van der Waals surface area contributed by atoms with Crippen LogP contribution in [0.4, 0.5) is 5.82 Å². The summed E-state index contributed by atoms with van der Waals surface area (Å²) in [5.74, 6) is 0.310. The van der Waals surface area contributed by atoms with Crippen LogP contribution in [0.25, 0.3) is 11.8 Å². The van der Waals surface area contributed by atoms with E-state index in [4.69, 9.17) is 4.74 Å². The third-order valence-electron chi connectivity index (χ3n) is 4.93. The summed E-state index contributed by atoms with van der Waals surface area (Å²) in [5.41, 5.74) is 3.17. The van der Waals surface area contributed by atoms with Crippen LogP contribution in [-0.4, -0.2) is 32.2 Å². The Morgan fingerprint density at radius 1 is 1.09 bits per heavy atom. The van der Waals surface area contributed by atoms with Gasteiger partial charge in [-0.25, -0.2) is 0 Å². The van der Waals surface area contributed by atoms with Crippen LogP contribution in [0, 0.1) is 10.1 Å². The summed E-state index contributed by atoms with van der Waals surface area (Å²) in [5, 5.41) is 14.8. The molecule has 0 bridgehead atoms. The molecule has 0 spiro atoms. The van der Waals surface area contributed by atoms with Crippen LogP contribution in [-0.2, 0) is 6.54 Å². The number of hydrogen-bond donors (Lipinski definition) is 0. The van der Waals surface area contributed by atoms with Crippen LogP contribution < -0.4 is 4.74 Å². The maximum Gasteiger partial charge on any atom is 0.389 e. The fourth-order valence-corrected chi connectivity index (χ4v) is 3.31. The average molecular weight is 428 g/mol. The molecule has 2 aromatic carbocycles. The number of ether oxygens (including phenoxy) is 1. The van der Waals surface area contributed by atoms with Crippen molar-refractivity contribution in [1.82, 2.24) is 14.3 Å². The number of nitrogens with zero attached hydrogens (tertiary/aromatic N) is 4. The van der Waals surface area contributed by atoms with Crippen LogP contribution in [0.5, 0.6) is 5.75 Å². The largest absolute Gasteiger partial charge is 0.496 e. The molecule has 0 fully saturated rings. The third-order valence-corrected chi connectivity index (χ3v) is 4.93. The first-order valence-electron chi connectivity index (χ1n) is 9.84. The Morgan fingerprint density at radius 2 is 1.84 bits per heavy atom. The van der Waals surface area contributed by atoms with Gasteiger partial charge in [-0.15, -0.1) is 0 Å². The minimum absolute atomic E-state index is 0.107. The maximum absolute atomic E-state index is 12.6. The molecular formula is C24H20N4O4. The van der Waals surface area contributed by atoms with Gasteiger partial charge in [-0.2, -0.15) is 4.68 Å². The smallest absolute Gasteiger partial charge is 0.389 e. The van der Waals surface area contributed by atoms with Crippen LogP contribution in [0.2, 0.25) is 0 Å². The molecule has 0 aliphatic heterocycles. The van der Waals surface area contributed by atoms with Gasteiger partial charge in [0.05, 0.1) is 31.0 Å². The van der Waals surface area contributed by atoms with Crippen molar-refractivity contribution in [2.24, 2.45) is 0 Å². The second-order valence-electron chi connectivity index (χ2n) is 7.03. The number of carbonyl (C=O) groups excluding carboxylic acids is 1. The number of rotatable bonds is 8. The van der Waals surface area contributed by atoms with Crippen molar-refractivity contribution in [3.8, 4) is 11.4 Å². The number of allylic oxidation sites excluding steroid dienone is 1. The Labute approximate surface area is 184 Å². The minimum atomic E-state index is -0.538. The monoisotopic (exact) mass is 428 g/mol. The van der Waals surface area contributed by atoms with Crippen molar-refractivity contribution < 1.29 is 14.5 Å². The fraction of sp³-hybridized carbons (Fsp3) is 0.0833. The molecular weight excluding hydrogens is 408 g/mol. The van der Waals surface area contributed by atoms with Gasteiger partial charge < -0.3 is 19.4 Å². The highest BCUT2D eigenvalue weighted by Crippen LogP contribution is 2.22. The normalized spacial score (nSPS) is 11.0. The first kappa shape index (κ1) is 20.8. The van der Waals surface area contributed by atoms with Crippen molar-refractivity contribution in [3.05, 3.63) is 112 Å². The predicted molar refractivity (Wildman–Crippen MR) is 120 cm³/mol. The zero-order chi connectivity index (χ0) is 22.5. The zero-order valence-electron chi connectivity index (χ0n) is 17.3. The number of hydrogen-bond acceptors (Lipinski definition) is 5. The molecule has 0 aliphatic carbocycles. The summed E-state index contributed by atoms with van der Waals surface area (Å²) in [6.45, 7) is 0.299. The lowest BCUT2D eigenvalue weighted by Gasteiger charge is -2.08. The van der Waals surface area contributed by atoms with E-state index in [1.54, 1.807) is 37.6 Å². The molecule has 0 aliphatic rings. The molecule has 4 rings (SSSR count). The van der Waals surface area contributed by atoms with E-state index in [1.807, 2.05) is 53.4 Å². The molecule has 8 heteroatoms. The second-order valence-corrected chi connectivity index (χ2v) is 7.03. The molecule has 0 saturated carbocycles. The van der Waals surface area contributed by atoms with Crippen LogP contribution in [0.3, 0.4) is 0 Å². The summed E-state index contributed by atoms with van der Waals surface area (Å²) in [7, 11) is 1.56. The molecule has 0 atom stereocenters. The number of ketones is 1. The van der Waals surface area contributed by atoms with Crippen LogP contribution in [0.15, 0.2) is 85.3 Å². The quantitative estimate of drug-likeness (QED) is 0.178. The molecule has 0 amide bonds. The molecule has 160 valence electrons. The molecule has 0 unspecified atom stereocenters. The number of carbonyl (C=O) groups is 1. The highest BCUT2D eigenvalue weighted by atomic mass is 16.6. The number of methoxy groups -OCH3 is 1. The Morgan fingerprint density at radius 3 is 2.50 bits per heavy atom. The first-order valence-corrected chi connectivity index (χ1v) is 9.84. The van der Waals surface area contributed by atoms with Gasteiger partial charge in [0.15, 0.2) is 5.78 Å². The lowest BCUT2D eigenvalue weighted by atomic mass is 10.1. The lowest BCUT2D eigenvalue weighted by Crippen LogP contribution is -2.03. The Bertz CT molecular complexity index is 1270. The Hall–Kier alpha value is -4.46. The van der Waals surface area contributed by atoms with Gasteiger partial charge in [-0.05, 0) is 65.1 Å². The highest BCUT2D eigenvalue weighted by molar-refractivity contribution is 6.06. The molecule has 4 aromatic rings.